The first-order valence-electron chi connectivity index (χ1n) is 4.00. The first kappa shape index (κ1) is 8.72. The van der Waals surface area contributed by atoms with Crippen molar-refractivity contribution in [3.05, 3.63) is 28.4 Å². The Bertz CT molecular complexity index is 436. The maximum absolute atomic E-state index is 9.37. The lowest BCUT2D eigenvalue weighted by Crippen LogP contribution is -1.89. The lowest BCUT2D eigenvalue weighted by Gasteiger charge is -2.03. The number of fused-ring (bicyclic) bond motifs is 1. The van der Waals surface area contributed by atoms with E-state index in [4.69, 9.17) is 0 Å². The smallest absolute Gasteiger partial charge is 0.108 e. The molecule has 0 spiro atoms. The number of aliphatic hydroxyl groups excluding tert-OH is 1. The molecule has 1 unspecified atom stereocenters. The maximum atomic E-state index is 9.37. The zero-order chi connectivity index (χ0) is 9.42. The molecule has 0 bridgehead atoms. The number of aromatic nitrogens is 2. The van der Waals surface area contributed by atoms with Crippen molar-refractivity contribution in [1.29, 1.82) is 0 Å². The van der Waals surface area contributed by atoms with Gasteiger partial charge in [0, 0.05) is 5.39 Å². The summed E-state index contributed by atoms with van der Waals surface area (Å²) in [6, 6.07) is 5.69. The Morgan fingerprint density at radius 3 is 3.00 bits per heavy atom. The molecule has 2 rings (SSSR count). The van der Waals surface area contributed by atoms with Crippen LogP contribution in [0, 0.1) is 0 Å². The minimum Gasteiger partial charge on any atom is -0.389 e. The van der Waals surface area contributed by atoms with Crippen LogP contribution in [0.1, 0.15) is 18.6 Å². The summed E-state index contributed by atoms with van der Waals surface area (Å²) in [4.78, 5) is 0. The number of aromatic amines is 1. The van der Waals surface area contributed by atoms with Gasteiger partial charge in [0.2, 0.25) is 0 Å². The normalized spacial score (nSPS) is 13.5. The van der Waals surface area contributed by atoms with E-state index in [1.807, 2.05) is 18.2 Å². The minimum atomic E-state index is -0.439. The van der Waals surface area contributed by atoms with Crippen LogP contribution in [-0.2, 0) is 0 Å². The SMILES string of the molecule is CC(O)c1ccc2n[nH]c(Br)c2c1. The van der Waals surface area contributed by atoms with E-state index < -0.39 is 6.10 Å². The summed E-state index contributed by atoms with van der Waals surface area (Å²) in [5, 5.41) is 17.3. The molecule has 1 atom stereocenters. The van der Waals surface area contributed by atoms with E-state index in [2.05, 4.69) is 26.1 Å². The summed E-state index contributed by atoms with van der Waals surface area (Å²) in [6.45, 7) is 1.75. The molecular formula is C9H9BrN2O. The summed E-state index contributed by atoms with van der Waals surface area (Å²) in [5.41, 5.74) is 1.80. The fraction of sp³-hybridized carbons (Fsp3) is 0.222. The maximum Gasteiger partial charge on any atom is 0.108 e. The molecule has 0 aliphatic heterocycles. The van der Waals surface area contributed by atoms with Crippen LogP contribution in [0.4, 0.5) is 0 Å². The van der Waals surface area contributed by atoms with Crippen LogP contribution in [0.2, 0.25) is 0 Å². The van der Waals surface area contributed by atoms with Crippen molar-refractivity contribution in [3.63, 3.8) is 0 Å². The van der Waals surface area contributed by atoms with Crippen molar-refractivity contribution in [1.82, 2.24) is 10.2 Å². The third-order valence-electron chi connectivity index (χ3n) is 2.01. The standard InChI is InChI=1S/C9H9BrN2O/c1-5(13)6-2-3-8-7(4-6)9(10)12-11-8/h2-5,13H,1H3,(H,11,12). The van der Waals surface area contributed by atoms with Gasteiger partial charge in [-0.1, -0.05) is 6.07 Å². The zero-order valence-electron chi connectivity index (χ0n) is 7.08. The topological polar surface area (TPSA) is 48.9 Å². The van der Waals surface area contributed by atoms with Crippen LogP contribution in [0.5, 0.6) is 0 Å². The number of halogens is 1. The summed E-state index contributed by atoms with van der Waals surface area (Å²) < 4.78 is 0.852. The van der Waals surface area contributed by atoms with E-state index in [0.29, 0.717) is 0 Å². The van der Waals surface area contributed by atoms with Crippen LogP contribution in [-0.4, -0.2) is 15.3 Å². The number of aliphatic hydroxyl groups is 1. The first-order chi connectivity index (χ1) is 6.18. The summed E-state index contributed by atoms with van der Waals surface area (Å²) in [5.74, 6) is 0. The molecular weight excluding hydrogens is 232 g/mol. The van der Waals surface area contributed by atoms with Crippen molar-refractivity contribution < 1.29 is 5.11 Å². The van der Waals surface area contributed by atoms with E-state index in [1.165, 1.54) is 0 Å². The highest BCUT2D eigenvalue weighted by Gasteiger charge is 2.05. The van der Waals surface area contributed by atoms with Gasteiger partial charge in [0.25, 0.3) is 0 Å². The molecule has 2 aromatic rings. The third-order valence-corrected chi connectivity index (χ3v) is 2.62. The molecule has 4 heteroatoms. The second-order valence-corrected chi connectivity index (χ2v) is 3.78. The number of H-pyrrole nitrogens is 1. The Balaban J connectivity index is 2.66. The van der Waals surface area contributed by atoms with Crippen LogP contribution in [0.3, 0.4) is 0 Å². The number of nitrogens with zero attached hydrogens (tertiary/aromatic N) is 1. The van der Waals surface area contributed by atoms with Gasteiger partial charge in [-0.05, 0) is 40.5 Å². The Labute approximate surface area is 83.9 Å². The van der Waals surface area contributed by atoms with E-state index in [0.717, 1.165) is 21.1 Å². The van der Waals surface area contributed by atoms with Crippen LogP contribution < -0.4 is 0 Å². The van der Waals surface area contributed by atoms with Crippen molar-refractivity contribution in [2.45, 2.75) is 13.0 Å². The molecule has 0 saturated heterocycles. The quantitative estimate of drug-likeness (QED) is 0.805. The van der Waals surface area contributed by atoms with Gasteiger partial charge in [0.15, 0.2) is 0 Å². The third kappa shape index (κ3) is 1.47. The Kier molecular flexibility index (Phi) is 2.09. The number of benzene rings is 1. The lowest BCUT2D eigenvalue weighted by molar-refractivity contribution is 0.199. The molecule has 0 aliphatic rings. The molecule has 0 fully saturated rings. The highest BCUT2D eigenvalue weighted by Crippen LogP contribution is 2.24. The second-order valence-electron chi connectivity index (χ2n) is 2.99. The van der Waals surface area contributed by atoms with Crippen molar-refractivity contribution in [2.24, 2.45) is 0 Å². The molecule has 0 saturated carbocycles. The number of nitrogens with one attached hydrogen (secondary N) is 1. The van der Waals surface area contributed by atoms with Gasteiger partial charge < -0.3 is 5.11 Å². The van der Waals surface area contributed by atoms with Crippen LogP contribution in [0.25, 0.3) is 10.9 Å². The average Bonchev–Trinajstić information content (AvgIpc) is 2.47. The minimum absolute atomic E-state index is 0.439. The highest BCUT2D eigenvalue weighted by molar-refractivity contribution is 9.10. The van der Waals surface area contributed by atoms with Crippen molar-refractivity contribution in [2.75, 3.05) is 0 Å². The van der Waals surface area contributed by atoms with Gasteiger partial charge in [0.1, 0.15) is 4.60 Å². The zero-order valence-corrected chi connectivity index (χ0v) is 8.67. The molecule has 1 aromatic carbocycles. The molecule has 1 aromatic heterocycles. The van der Waals surface area contributed by atoms with Crippen LogP contribution in [0.15, 0.2) is 22.8 Å². The second kappa shape index (κ2) is 3.12. The molecule has 3 nitrogen and oxygen atoms in total. The summed E-state index contributed by atoms with van der Waals surface area (Å²) >= 11 is 3.35. The predicted octanol–water partition coefficient (Wildman–Crippen LogP) is 2.38. The van der Waals surface area contributed by atoms with Gasteiger partial charge in [-0.15, -0.1) is 0 Å². The van der Waals surface area contributed by atoms with E-state index in [9.17, 15) is 5.11 Å². The monoisotopic (exact) mass is 240 g/mol. The molecule has 2 N–H and O–H groups in total. The predicted molar refractivity (Wildman–Crippen MR) is 54.4 cm³/mol. The van der Waals surface area contributed by atoms with Gasteiger partial charge >= 0.3 is 0 Å². The van der Waals surface area contributed by atoms with Gasteiger partial charge in [-0.3, -0.25) is 5.10 Å². The van der Waals surface area contributed by atoms with Gasteiger partial charge in [0.05, 0.1) is 11.6 Å². The molecule has 13 heavy (non-hydrogen) atoms. The largest absolute Gasteiger partial charge is 0.389 e. The van der Waals surface area contributed by atoms with E-state index in [-0.39, 0.29) is 0 Å². The lowest BCUT2D eigenvalue weighted by atomic mass is 10.1. The molecule has 0 amide bonds. The Hall–Kier alpha value is -0.870. The number of rotatable bonds is 1. The van der Waals surface area contributed by atoms with Gasteiger partial charge in [-0.2, -0.15) is 5.10 Å². The first-order valence-corrected chi connectivity index (χ1v) is 4.79. The molecule has 68 valence electrons. The fourth-order valence-corrected chi connectivity index (χ4v) is 1.66. The molecule has 0 aliphatic carbocycles. The van der Waals surface area contributed by atoms with E-state index >= 15 is 0 Å². The summed E-state index contributed by atoms with van der Waals surface area (Å²) in [6.07, 6.45) is -0.439. The molecule has 0 radical (unpaired) electrons. The van der Waals surface area contributed by atoms with Crippen LogP contribution >= 0.6 is 15.9 Å². The number of hydrogen-bond acceptors (Lipinski definition) is 2. The van der Waals surface area contributed by atoms with Gasteiger partial charge in [-0.25, -0.2) is 0 Å². The average molecular weight is 241 g/mol. The Morgan fingerprint density at radius 1 is 1.54 bits per heavy atom. The fourth-order valence-electron chi connectivity index (χ4n) is 1.26. The van der Waals surface area contributed by atoms with E-state index in [1.54, 1.807) is 6.92 Å². The van der Waals surface area contributed by atoms with Crippen molar-refractivity contribution >= 4 is 26.8 Å². The summed E-state index contributed by atoms with van der Waals surface area (Å²) in [7, 11) is 0. The van der Waals surface area contributed by atoms with Crippen molar-refractivity contribution in [3.8, 4) is 0 Å². The Morgan fingerprint density at radius 2 is 2.31 bits per heavy atom. The molecule has 1 heterocycles. The highest BCUT2D eigenvalue weighted by atomic mass is 79.9. The number of hydrogen-bond donors (Lipinski definition) is 2.